The maximum Gasteiger partial charge on any atom is 0.311 e. The van der Waals surface area contributed by atoms with Crippen molar-refractivity contribution in [3.8, 4) is 5.75 Å². The third kappa shape index (κ3) is 11.7. The first kappa shape index (κ1) is 47.2. The van der Waals surface area contributed by atoms with Crippen LogP contribution in [0.3, 0.4) is 0 Å². The molecule has 6 rings (SSSR count). The lowest BCUT2D eigenvalue weighted by Gasteiger charge is -2.40. The van der Waals surface area contributed by atoms with Gasteiger partial charge in [-0.15, -0.1) is 0 Å². The second-order valence-corrected chi connectivity index (χ2v) is 24.5. The summed E-state index contributed by atoms with van der Waals surface area (Å²) in [5, 5.41) is 6.34. The lowest BCUT2D eigenvalue weighted by Crippen LogP contribution is -2.45. The molecular weight excluding hydrogens is 789 g/mol. The molecule has 3 aliphatic rings. The SMILES string of the molecule is CCN(CC)CCNC(=O)c1c(C)[nH]c2c1C[C@H]1C[C@@H](O[Si](C)(C)C(C)(C)C)[C@H](CC[C@H](C)CCc3ccccc3)[C@H]1C/C=C\CCCC(=O)Oc1ccc3c(c1)C(=C2)C(=O)N3. The summed E-state index contributed by atoms with van der Waals surface area (Å²) in [4.78, 5) is 47.0. The molecule has 1 saturated carbocycles. The molecule has 1 fully saturated rings. The molecule has 0 radical (unpaired) electrons. The smallest absolute Gasteiger partial charge is 0.311 e. The minimum Gasteiger partial charge on any atom is -0.427 e. The van der Waals surface area contributed by atoms with Gasteiger partial charge in [-0.05, 0) is 149 Å². The summed E-state index contributed by atoms with van der Waals surface area (Å²) in [5.74, 6) is 1.26. The number of likely N-dealkylation sites (N-methyl/N-ethyl adjacent to an activating group) is 1. The fourth-order valence-electron chi connectivity index (χ4n) is 9.64. The number of anilines is 1. The summed E-state index contributed by atoms with van der Waals surface area (Å²) in [6.45, 7) is 23.6. The summed E-state index contributed by atoms with van der Waals surface area (Å²) in [6.07, 6.45) is 15.3. The van der Waals surface area contributed by atoms with Crippen LogP contribution in [0, 0.1) is 30.6 Å². The molecule has 10 heteroatoms. The number of nitrogens with zero attached hydrogens (tertiary/aromatic N) is 1. The van der Waals surface area contributed by atoms with Crippen LogP contribution >= 0.6 is 0 Å². The van der Waals surface area contributed by atoms with Crippen molar-refractivity contribution in [1.82, 2.24) is 15.2 Å². The molecule has 1 aliphatic carbocycles. The first-order valence-corrected chi connectivity index (χ1v) is 26.5. The van der Waals surface area contributed by atoms with Gasteiger partial charge in [0.25, 0.3) is 11.8 Å². The van der Waals surface area contributed by atoms with Crippen LogP contribution in [0.15, 0.2) is 60.7 Å². The number of aromatic amines is 1. The zero-order valence-electron chi connectivity index (χ0n) is 39.1. The Balaban J connectivity index is 1.41. The Hall–Kier alpha value is -4.25. The van der Waals surface area contributed by atoms with E-state index in [1.165, 1.54) is 5.56 Å². The normalized spacial score (nSPS) is 21.9. The number of fused-ring (bicyclic) bond motifs is 3. The molecule has 0 spiro atoms. The molecule has 62 heavy (non-hydrogen) atoms. The number of allylic oxidation sites excluding steroid dienone is 2. The van der Waals surface area contributed by atoms with Crippen molar-refractivity contribution in [3.05, 3.63) is 94.3 Å². The Morgan fingerprint density at radius 3 is 2.53 bits per heavy atom. The van der Waals surface area contributed by atoms with Gasteiger partial charge in [-0.2, -0.15) is 0 Å². The predicted molar refractivity (Wildman–Crippen MR) is 256 cm³/mol. The van der Waals surface area contributed by atoms with Crippen molar-refractivity contribution in [3.63, 3.8) is 0 Å². The Morgan fingerprint density at radius 1 is 1.05 bits per heavy atom. The fraction of sp³-hybridized carbons (Fsp3) is 0.558. The lowest BCUT2D eigenvalue weighted by molar-refractivity contribution is -0.134. The minimum atomic E-state index is -2.16. The summed E-state index contributed by atoms with van der Waals surface area (Å²) in [5.41, 5.74) is 6.38. The van der Waals surface area contributed by atoms with Gasteiger partial charge < -0.3 is 29.7 Å². The van der Waals surface area contributed by atoms with E-state index in [9.17, 15) is 14.4 Å². The van der Waals surface area contributed by atoms with Gasteiger partial charge in [0.1, 0.15) is 5.75 Å². The highest BCUT2D eigenvalue weighted by molar-refractivity contribution is 6.74. The molecule has 0 saturated heterocycles. The first-order chi connectivity index (χ1) is 29.6. The van der Waals surface area contributed by atoms with Crippen molar-refractivity contribution < 1.29 is 23.5 Å². The number of hydrogen-bond donors (Lipinski definition) is 3. The van der Waals surface area contributed by atoms with Gasteiger partial charge in [-0.25, -0.2) is 0 Å². The highest BCUT2D eigenvalue weighted by atomic mass is 28.4. The number of esters is 1. The molecule has 2 bridgehead atoms. The van der Waals surface area contributed by atoms with Crippen molar-refractivity contribution >= 4 is 43.4 Å². The molecule has 1 aromatic heterocycles. The Kier molecular flexibility index (Phi) is 16.0. The van der Waals surface area contributed by atoms with E-state index >= 15 is 0 Å². The summed E-state index contributed by atoms with van der Waals surface area (Å²) in [6, 6.07) is 16.1. The standard InChI is InChI=1S/C52H74N4O5Si/c1-10-56(11-2)30-29-53-51(59)49-36(4)54-46-34-43-42-33-39(26-28-45(42)55-50(43)58)60-48(57)22-18-13-12-17-21-40-38(31-44(46)49)32-47(61-62(8,9)52(5,6)7)41(40)27-24-35(3)23-25-37-19-15-14-16-20-37/h12,14-17,19-20,26,28,33-35,38,40-41,47,54H,10-11,13,18,21-25,27,29-32H2,1-9H3,(H,53,59)(H,55,58)/b17-12-,43-34?/t35-,38+,40+,41-,47-/m1/s1. The number of ether oxygens (including phenoxy) is 1. The molecule has 2 aliphatic heterocycles. The number of H-pyrrole nitrogens is 1. The van der Waals surface area contributed by atoms with Gasteiger partial charge in [0.05, 0.1) is 11.1 Å². The van der Waals surface area contributed by atoms with Gasteiger partial charge in [0.15, 0.2) is 8.32 Å². The average Bonchev–Trinajstić information content (AvgIpc) is 3.83. The van der Waals surface area contributed by atoms with E-state index in [2.05, 4.69) is 118 Å². The Labute approximate surface area is 373 Å². The predicted octanol–water partition coefficient (Wildman–Crippen LogP) is 11.2. The average molecular weight is 863 g/mol. The number of rotatable bonds is 14. The monoisotopic (exact) mass is 863 g/mol. The number of amides is 2. The molecule has 9 nitrogen and oxygen atoms in total. The maximum atomic E-state index is 14.4. The molecule has 5 atom stereocenters. The second kappa shape index (κ2) is 21.0. The number of aromatic nitrogens is 1. The van der Waals surface area contributed by atoms with Crippen LogP contribution in [-0.2, 0) is 26.9 Å². The van der Waals surface area contributed by atoms with Crippen LogP contribution in [-0.4, -0.2) is 68.3 Å². The van der Waals surface area contributed by atoms with E-state index < -0.39 is 8.32 Å². The molecule has 2 amide bonds. The number of carbonyl (C=O) groups is 3. The maximum absolute atomic E-state index is 14.4. The summed E-state index contributed by atoms with van der Waals surface area (Å²) in [7, 11) is -2.16. The van der Waals surface area contributed by atoms with E-state index in [0.29, 0.717) is 71.7 Å². The largest absolute Gasteiger partial charge is 0.427 e. The van der Waals surface area contributed by atoms with Crippen molar-refractivity contribution in [2.75, 3.05) is 31.5 Å². The van der Waals surface area contributed by atoms with Crippen LogP contribution < -0.4 is 15.4 Å². The summed E-state index contributed by atoms with van der Waals surface area (Å²) >= 11 is 0. The van der Waals surface area contributed by atoms with Gasteiger partial charge in [0.2, 0.25) is 0 Å². The summed E-state index contributed by atoms with van der Waals surface area (Å²) < 4.78 is 13.3. The van der Waals surface area contributed by atoms with Crippen LogP contribution in [0.25, 0.3) is 11.6 Å². The first-order valence-electron chi connectivity index (χ1n) is 23.5. The molecular formula is C52H74N4O5Si. The van der Waals surface area contributed by atoms with Crippen LogP contribution in [0.4, 0.5) is 5.69 Å². The van der Waals surface area contributed by atoms with Crippen LogP contribution in [0.2, 0.25) is 18.1 Å². The third-order valence-corrected chi connectivity index (χ3v) is 18.9. The number of benzene rings is 2. The van der Waals surface area contributed by atoms with E-state index in [1.54, 1.807) is 18.2 Å². The molecule has 3 N–H and O–H groups in total. The van der Waals surface area contributed by atoms with Crippen molar-refractivity contribution in [2.45, 2.75) is 137 Å². The van der Waals surface area contributed by atoms with Crippen molar-refractivity contribution in [2.24, 2.45) is 23.7 Å². The third-order valence-electron chi connectivity index (χ3n) is 14.4. The van der Waals surface area contributed by atoms with Gasteiger partial charge in [-0.3, -0.25) is 14.4 Å². The molecule has 2 aromatic carbocycles. The van der Waals surface area contributed by atoms with E-state index in [0.717, 1.165) is 81.5 Å². The lowest BCUT2D eigenvalue weighted by atomic mass is 9.79. The Morgan fingerprint density at radius 2 is 1.81 bits per heavy atom. The highest BCUT2D eigenvalue weighted by Crippen LogP contribution is 2.50. The molecule has 0 unspecified atom stereocenters. The number of carbonyl (C=O) groups excluding carboxylic acids is 3. The fourth-order valence-corrected chi connectivity index (χ4v) is 11.0. The van der Waals surface area contributed by atoms with Crippen molar-refractivity contribution in [1.29, 1.82) is 0 Å². The Bertz CT molecular complexity index is 2080. The van der Waals surface area contributed by atoms with Gasteiger partial charge in [-0.1, -0.05) is 90.4 Å². The van der Waals surface area contributed by atoms with E-state index in [-0.39, 0.29) is 34.8 Å². The molecule has 3 heterocycles. The van der Waals surface area contributed by atoms with Crippen LogP contribution in [0.1, 0.15) is 131 Å². The van der Waals surface area contributed by atoms with Crippen LogP contribution in [0.5, 0.6) is 5.75 Å². The minimum absolute atomic E-state index is 0.0599. The number of hydrogen-bond acceptors (Lipinski definition) is 6. The van der Waals surface area contributed by atoms with Gasteiger partial charge >= 0.3 is 5.97 Å². The van der Waals surface area contributed by atoms with E-state index in [4.69, 9.17) is 9.16 Å². The number of aryl methyl sites for hydroxylation is 2. The molecule has 336 valence electrons. The topological polar surface area (TPSA) is 113 Å². The second-order valence-electron chi connectivity index (χ2n) is 19.7. The highest BCUT2D eigenvalue weighted by Gasteiger charge is 2.48. The zero-order chi connectivity index (χ0) is 44.6. The number of nitrogens with one attached hydrogen (secondary N) is 3. The van der Waals surface area contributed by atoms with Gasteiger partial charge in [0, 0.05) is 48.3 Å². The quantitative estimate of drug-likeness (QED) is 0.0644. The molecule has 3 aromatic rings. The zero-order valence-corrected chi connectivity index (χ0v) is 40.1. The van der Waals surface area contributed by atoms with E-state index in [1.807, 2.05) is 13.0 Å².